The van der Waals surface area contributed by atoms with Crippen molar-refractivity contribution < 1.29 is 57.0 Å². The van der Waals surface area contributed by atoms with Crippen molar-refractivity contribution in [2.24, 2.45) is 0 Å². The molecule has 13 nitrogen and oxygen atoms in total. The average molecular weight is 614 g/mol. The first-order valence-electron chi connectivity index (χ1n) is 14.7. The first kappa shape index (κ1) is 36.7. The minimum absolute atomic E-state index is 0.241. The fourth-order valence-electron chi connectivity index (χ4n) is 3.40. The van der Waals surface area contributed by atoms with E-state index in [0.29, 0.717) is 119 Å². The number of hydrogen-bond donors (Lipinski definition) is 0. The van der Waals surface area contributed by atoms with Gasteiger partial charge in [-0.25, -0.2) is 0 Å². The lowest BCUT2D eigenvalue weighted by Gasteiger charge is -2.13. The Kier molecular flexibility index (Phi) is 23.2. The van der Waals surface area contributed by atoms with Gasteiger partial charge in [0, 0.05) is 12.2 Å². The van der Waals surface area contributed by atoms with Crippen LogP contribution in [0, 0.1) is 0 Å². The van der Waals surface area contributed by atoms with E-state index < -0.39 is 0 Å². The van der Waals surface area contributed by atoms with Crippen LogP contribution in [0.15, 0.2) is 42.5 Å². The zero-order chi connectivity index (χ0) is 30.5. The largest absolute Gasteiger partial charge is 0.491 e. The number of imide groups is 1. The summed E-state index contributed by atoms with van der Waals surface area (Å²) in [6, 6.07) is 9.64. The molecule has 0 saturated heterocycles. The van der Waals surface area contributed by atoms with Crippen molar-refractivity contribution in [1.29, 1.82) is 0 Å². The van der Waals surface area contributed by atoms with Crippen LogP contribution in [0.4, 0.5) is 0 Å². The highest BCUT2D eigenvalue weighted by Gasteiger charge is 2.22. The molecule has 13 heteroatoms. The Morgan fingerprint density at radius 3 is 1.05 bits per heavy atom. The number of para-hydroxylation sites is 1. The molecule has 2 amide bonds. The maximum absolute atomic E-state index is 11.4. The van der Waals surface area contributed by atoms with Crippen molar-refractivity contribution in [2.75, 3.05) is 132 Å². The second kappa shape index (κ2) is 27.1. The van der Waals surface area contributed by atoms with Crippen molar-refractivity contribution in [3.8, 4) is 5.75 Å². The van der Waals surface area contributed by atoms with Crippen LogP contribution in [0.3, 0.4) is 0 Å². The minimum Gasteiger partial charge on any atom is -0.491 e. The van der Waals surface area contributed by atoms with Gasteiger partial charge in [0.1, 0.15) is 12.4 Å². The molecular weight excluding hydrogens is 566 g/mol. The molecule has 1 heterocycles. The second-order valence-corrected chi connectivity index (χ2v) is 8.83. The maximum Gasteiger partial charge on any atom is 0.253 e. The van der Waals surface area contributed by atoms with E-state index in [2.05, 4.69) is 0 Å². The van der Waals surface area contributed by atoms with E-state index in [-0.39, 0.29) is 25.0 Å². The summed E-state index contributed by atoms with van der Waals surface area (Å²) in [6.45, 7) is 9.20. The first-order valence-corrected chi connectivity index (χ1v) is 14.7. The fourth-order valence-corrected chi connectivity index (χ4v) is 3.40. The quantitative estimate of drug-likeness (QED) is 0.0880. The third kappa shape index (κ3) is 21.0. The zero-order valence-corrected chi connectivity index (χ0v) is 25.0. The summed E-state index contributed by atoms with van der Waals surface area (Å²) in [5, 5.41) is 0. The molecule has 43 heavy (non-hydrogen) atoms. The number of carbonyl (C=O) groups is 2. The van der Waals surface area contributed by atoms with Crippen molar-refractivity contribution in [1.82, 2.24) is 4.90 Å². The monoisotopic (exact) mass is 613 g/mol. The summed E-state index contributed by atoms with van der Waals surface area (Å²) in [5.74, 6) is 0.227. The third-order valence-electron chi connectivity index (χ3n) is 5.58. The number of ether oxygens (including phenoxy) is 10. The molecule has 0 bridgehead atoms. The van der Waals surface area contributed by atoms with Crippen molar-refractivity contribution >= 4 is 11.8 Å². The summed E-state index contributed by atoms with van der Waals surface area (Å²) in [4.78, 5) is 23.9. The van der Waals surface area contributed by atoms with Crippen molar-refractivity contribution in [3.63, 3.8) is 0 Å². The molecule has 0 atom stereocenters. The number of carbonyl (C=O) groups excluding carboxylic acids is 2. The van der Waals surface area contributed by atoms with Gasteiger partial charge in [-0.1, -0.05) is 18.2 Å². The van der Waals surface area contributed by atoms with Gasteiger partial charge in [0.15, 0.2) is 0 Å². The van der Waals surface area contributed by atoms with Gasteiger partial charge in [0.2, 0.25) is 0 Å². The van der Waals surface area contributed by atoms with Gasteiger partial charge in [0.05, 0.1) is 125 Å². The van der Waals surface area contributed by atoms with Crippen LogP contribution in [0.2, 0.25) is 0 Å². The van der Waals surface area contributed by atoms with Gasteiger partial charge < -0.3 is 47.4 Å². The molecule has 0 unspecified atom stereocenters. The summed E-state index contributed by atoms with van der Waals surface area (Å²) in [6.07, 6.45) is 2.51. The molecule has 0 N–H and O–H groups in total. The lowest BCUT2D eigenvalue weighted by atomic mass is 10.3. The van der Waals surface area contributed by atoms with Gasteiger partial charge in [-0.15, -0.1) is 0 Å². The van der Waals surface area contributed by atoms with Gasteiger partial charge in [-0.3, -0.25) is 14.5 Å². The van der Waals surface area contributed by atoms with E-state index in [9.17, 15) is 9.59 Å². The predicted molar refractivity (Wildman–Crippen MR) is 155 cm³/mol. The Labute approximate surface area is 254 Å². The smallest absolute Gasteiger partial charge is 0.253 e. The Bertz CT molecular complexity index is 824. The van der Waals surface area contributed by atoms with Crippen LogP contribution in [0.5, 0.6) is 5.75 Å². The van der Waals surface area contributed by atoms with Gasteiger partial charge in [-0.05, 0) is 12.1 Å². The molecule has 0 fully saturated rings. The highest BCUT2D eigenvalue weighted by Crippen LogP contribution is 2.07. The van der Waals surface area contributed by atoms with E-state index in [1.807, 2.05) is 30.3 Å². The maximum atomic E-state index is 11.4. The Morgan fingerprint density at radius 1 is 0.395 bits per heavy atom. The Morgan fingerprint density at radius 2 is 0.698 bits per heavy atom. The highest BCUT2D eigenvalue weighted by atomic mass is 16.6. The summed E-state index contributed by atoms with van der Waals surface area (Å²) < 4.78 is 54.5. The molecular formula is C30H47NO12. The normalized spacial score (nSPS) is 13.0. The molecule has 1 aromatic carbocycles. The van der Waals surface area contributed by atoms with Crippen molar-refractivity contribution in [3.05, 3.63) is 42.5 Å². The molecule has 244 valence electrons. The van der Waals surface area contributed by atoms with Gasteiger partial charge in [0.25, 0.3) is 11.8 Å². The number of nitrogens with zero attached hydrogens (tertiary/aromatic N) is 1. The average Bonchev–Trinajstić information content (AvgIpc) is 3.34. The van der Waals surface area contributed by atoms with E-state index in [0.717, 1.165) is 10.6 Å². The third-order valence-corrected chi connectivity index (χ3v) is 5.58. The molecule has 0 radical (unpaired) electrons. The minimum atomic E-state index is -0.305. The molecule has 0 saturated carbocycles. The highest BCUT2D eigenvalue weighted by molar-refractivity contribution is 6.12. The molecule has 2 rings (SSSR count). The van der Waals surface area contributed by atoms with Crippen LogP contribution >= 0.6 is 0 Å². The molecule has 0 aromatic heterocycles. The van der Waals surface area contributed by atoms with E-state index in [4.69, 9.17) is 47.4 Å². The van der Waals surface area contributed by atoms with E-state index in [1.165, 1.54) is 12.2 Å². The van der Waals surface area contributed by atoms with Gasteiger partial charge in [-0.2, -0.15) is 0 Å². The van der Waals surface area contributed by atoms with E-state index >= 15 is 0 Å². The lowest BCUT2D eigenvalue weighted by molar-refractivity contribution is -0.137. The SMILES string of the molecule is O=C1C=CC(=O)N1CCOCCOCCOCCOCCOCCOCCOCCOCCOCCOc1ccccc1. The number of hydrogen-bond acceptors (Lipinski definition) is 12. The second-order valence-electron chi connectivity index (χ2n) is 8.83. The van der Waals surface area contributed by atoms with Crippen molar-refractivity contribution in [2.45, 2.75) is 0 Å². The molecule has 0 aliphatic carbocycles. The van der Waals surface area contributed by atoms with Gasteiger partial charge >= 0.3 is 0 Å². The fraction of sp³-hybridized carbons (Fsp3) is 0.667. The summed E-state index contributed by atoms with van der Waals surface area (Å²) >= 11 is 0. The summed E-state index contributed by atoms with van der Waals surface area (Å²) in [7, 11) is 0. The molecule has 0 spiro atoms. The first-order chi connectivity index (χ1) is 21.3. The number of amides is 2. The van der Waals surface area contributed by atoms with Crippen LogP contribution in [-0.2, 0) is 52.2 Å². The molecule has 1 aromatic rings. The van der Waals surface area contributed by atoms with Crippen LogP contribution in [-0.4, -0.2) is 149 Å². The van der Waals surface area contributed by atoms with E-state index in [1.54, 1.807) is 0 Å². The standard InChI is InChI=1S/C30H47NO12/c32-29-6-7-30(33)31(29)8-9-34-10-11-35-12-13-36-14-15-37-16-17-38-18-19-39-20-21-40-22-23-41-24-25-42-26-27-43-28-4-2-1-3-5-28/h1-7H,8-27H2. The zero-order valence-electron chi connectivity index (χ0n) is 25.0. The van der Waals surface area contributed by atoms with Crippen LogP contribution < -0.4 is 4.74 Å². The summed E-state index contributed by atoms with van der Waals surface area (Å²) in [5.41, 5.74) is 0. The van der Waals surface area contributed by atoms with Crippen LogP contribution in [0.1, 0.15) is 0 Å². The Balaban J connectivity index is 1.15. The topological polar surface area (TPSA) is 130 Å². The van der Waals surface area contributed by atoms with Crippen LogP contribution in [0.25, 0.3) is 0 Å². The predicted octanol–water partition coefficient (Wildman–Crippen LogP) is 1.14. The Hall–Kier alpha value is -2.46. The number of benzene rings is 1. The number of rotatable bonds is 31. The molecule has 1 aliphatic heterocycles. The molecule has 1 aliphatic rings. The lowest BCUT2D eigenvalue weighted by Crippen LogP contribution is -2.33.